The molecule has 0 radical (unpaired) electrons. The molecule has 3 rings (SSSR count). The lowest BCUT2D eigenvalue weighted by Crippen LogP contribution is -2.21. The maximum absolute atomic E-state index is 11.9. The first kappa shape index (κ1) is 16.5. The van der Waals surface area contributed by atoms with Crippen LogP contribution in [0.3, 0.4) is 0 Å². The molecule has 23 heavy (non-hydrogen) atoms. The molecule has 0 unspecified atom stereocenters. The zero-order valence-electron chi connectivity index (χ0n) is 12.5. The molecule has 2 aromatic rings. The Balaban J connectivity index is 1.53. The van der Waals surface area contributed by atoms with E-state index in [9.17, 15) is 4.79 Å². The van der Waals surface area contributed by atoms with Crippen LogP contribution in [-0.4, -0.2) is 28.0 Å². The minimum atomic E-state index is -0.220. The normalized spacial score (nSPS) is 15.5. The van der Waals surface area contributed by atoms with Crippen molar-refractivity contribution in [3.8, 4) is 11.5 Å². The van der Waals surface area contributed by atoms with E-state index in [0.717, 1.165) is 35.7 Å². The van der Waals surface area contributed by atoms with Crippen LogP contribution in [0.2, 0.25) is 0 Å². The predicted octanol–water partition coefficient (Wildman–Crippen LogP) is 4.47. The number of rotatable bonds is 5. The van der Waals surface area contributed by atoms with Crippen LogP contribution in [0.5, 0.6) is 0 Å². The molecule has 0 saturated heterocycles. The van der Waals surface area contributed by atoms with Gasteiger partial charge in [0.05, 0.1) is 5.56 Å². The van der Waals surface area contributed by atoms with Crippen LogP contribution in [0.15, 0.2) is 38.4 Å². The molecule has 0 atom stereocenters. The molecule has 7 heteroatoms. The second-order valence-electron chi connectivity index (χ2n) is 5.39. The van der Waals surface area contributed by atoms with Gasteiger partial charge >= 0.3 is 5.97 Å². The van der Waals surface area contributed by atoms with Gasteiger partial charge in [0.25, 0.3) is 5.22 Å². The van der Waals surface area contributed by atoms with Crippen molar-refractivity contribution < 1.29 is 13.9 Å². The van der Waals surface area contributed by atoms with Crippen LogP contribution in [0.1, 0.15) is 32.1 Å². The summed E-state index contributed by atoms with van der Waals surface area (Å²) in [5.74, 6) is 0.400. The second-order valence-corrected chi connectivity index (χ2v) is 7.17. The zero-order chi connectivity index (χ0) is 16.1. The van der Waals surface area contributed by atoms with Crippen molar-refractivity contribution in [2.75, 3.05) is 5.75 Å². The standard InChI is InChI=1S/C16H17BrN2O3S/c17-13-9-5-4-8-12(13)15-18-19-16(22-15)23-10-14(20)21-11-6-2-1-3-7-11/h4-5,8-9,11H,1-3,6-7,10H2. The third kappa shape index (κ3) is 4.57. The molecule has 0 N–H and O–H groups in total. The van der Waals surface area contributed by atoms with Crippen molar-refractivity contribution in [3.63, 3.8) is 0 Å². The first-order valence-corrected chi connectivity index (χ1v) is 9.41. The van der Waals surface area contributed by atoms with Crippen LogP contribution in [0.25, 0.3) is 11.5 Å². The third-order valence-electron chi connectivity index (χ3n) is 3.67. The lowest BCUT2D eigenvalue weighted by atomic mass is 9.98. The van der Waals surface area contributed by atoms with Gasteiger partial charge in [-0.2, -0.15) is 0 Å². The average molecular weight is 397 g/mol. The van der Waals surface area contributed by atoms with Gasteiger partial charge in [-0.3, -0.25) is 4.79 Å². The first-order chi connectivity index (χ1) is 11.2. The third-order valence-corrected chi connectivity index (χ3v) is 5.16. The van der Waals surface area contributed by atoms with Crippen molar-refractivity contribution in [2.24, 2.45) is 0 Å². The molecule has 1 heterocycles. The lowest BCUT2D eigenvalue weighted by molar-refractivity contribution is -0.147. The van der Waals surface area contributed by atoms with Crippen molar-refractivity contribution in [1.82, 2.24) is 10.2 Å². The molecule has 1 aliphatic carbocycles. The average Bonchev–Trinajstić information content (AvgIpc) is 3.03. The summed E-state index contributed by atoms with van der Waals surface area (Å²) in [7, 11) is 0. The molecular formula is C16H17BrN2O3S. The van der Waals surface area contributed by atoms with Gasteiger partial charge in [0.1, 0.15) is 11.9 Å². The maximum atomic E-state index is 11.9. The van der Waals surface area contributed by atoms with Gasteiger partial charge < -0.3 is 9.15 Å². The van der Waals surface area contributed by atoms with E-state index in [2.05, 4.69) is 26.1 Å². The Hall–Kier alpha value is -1.34. The number of hydrogen-bond donors (Lipinski definition) is 0. The van der Waals surface area contributed by atoms with Crippen LogP contribution in [0.4, 0.5) is 0 Å². The SMILES string of the molecule is O=C(CSc1nnc(-c2ccccc2Br)o1)OC1CCCCC1. The van der Waals surface area contributed by atoms with Gasteiger partial charge in [0.15, 0.2) is 0 Å². The minimum absolute atomic E-state index is 0.0790. The van der Waals surface area contributed by atoms with Crippen molar-refractivity contribution in [3.05, 3.63) is 28.7 Å². The van der Waals surface area contributed by atoms with E-state index in [1.54, 1.807) is 0 Å². The van der Waals surface area contributed by atoms with E-state index in [4.69, 9.17) is 9.15 Å². The summed E-state index contributed by atoms with van der Waals surface area (Å²) >= 11 is 4.66. The Labute approximate surface area is 147 Å². The smallest absolute Gasteiger partial charge is 0.316 e. The van der Waals surface area contributed by atoms with Crippen LogP contribution >= 0.6 is 27.7 Å². The number of benzene rings is 1. The molecule has 1 aromatic carbocycles. The fourth-order valence-electron chi connectivity index (χ4n) is 2.54. The number of halogens is 1. The Bertz CT molecular complexity index is 671. The molecule has 1 aromatic heterocycles. The van der Waals surface area contributed by atoms with Gasteiger partial charge in [-0.15, -0.1) is 10.2 Å². The number of nitrogens with zero attached hydrogens (tertiary/aromatic N) is 2. The van der Waals surface area contributed by atoms with Crippen LogP contribution in [0, 0.1) is 0 Å². The summed E-state index contributed by atoms with van der Waals surface area (Å²) in [6.07, 6.45) is 5.55. The number of esters is 1. The summed E-state index contributed by atoms with van der Waals surface area (Å²) in [5.41, 5.74) is 0.830. The topological polar surface area (TPSA) is 65.2 Å². The van der Waals surface area contributed by atoms with Crippen molar-refractivity contribution in [2.45, 2.75) is 43.4 Å². The summed E-state index contributed by atoms with van der Waals surface area (Å²) < 4.78 is 11.9. The number of ether oxygens (including phenoxy) is 1. The van der Waals surface area contributed by atoms with E-state index in [0.29, 0.717) is 11.1 Å². The highest BCUT2D eigenvalue weighted by Crippen LogP contribution is 2.29. The Kier molecular flexibility index (Phi) is 5.72. The molecule has 0 amide bonds. The largest absolute Gasteiger partial charge is 0.462 e. The second kappa shape index (κ2) is 7.97. The summed E-state index contributed by atoms with van der Waals surface area (Å²) in [6, 6.07) is 7.62. The minimum Gasteiger partial charge on any atom is -0.462 e. The molecule has 0 aliphatic heterocycles. The van der Waals surface area contributed by atoms with Crippen molar-refractivity contribution in [1.29, 1.82) is 0 Å². The summed E-state index contributed by atoms with van der Waals surface area (Å²) in [6.45, 7) is 0. The van der Waals surface area contributed by atoms with E-state index < -0.39 is 0 Å². The van der Waals surface area contributed by atoms with E-state index >= 15 is 0 Å². The van der Waals surface area contributed by atoms with Gasteiger partial charge in [-0.1, -0.05) is 30.3 Å². The Morgan fingerprint density at radius 1 is 1.26 bits per heavy atom. The highest BCUT2D eigenvalue weighted by Gasteiger charge is 2.19. The molecule has 1 saturated carbocycles. The molecule has 1 fully saturated rings. The number of carbonyl (C=O) groups excluding carboxylic acids is 1. The van der Waals surface area contributed by atoms with E-state index in [1.165, 1.54) is 18.2 Å². The molecule has 0 spiro atoms. The molecule has 5 nitrogen and oxygen atoms in total. The summed E-state index contributed by atoms with van der Waals surface area (Å²) in [4.78, 5) is 11.9. The summed E-state index contributed by atoms with van der Waals surface area (Å²) in [5, 5.41) is 8.36. The highest BCUT2D eigenvalue weighted by atomic mass is 79.9. The van der Waals surface area contributed by atoms with Gasteiger partial charge in [-0.25, -0.2) is 0 Å². The zero-order valence-corrected chi connectivity index (χ0v) is 14.9. The monoisotopic (exact) mass is 396 g/mol. The first-order valence-electron chi connectivity index (χ1n) is 7.63. The number of carbonyl (C=O) groups is 1. The highest BCUT2D eigenvalue weighted by molar-refractivity contribution is 9.10. The fourth-order valence-corrected chi connectivity index (χ4v) is 3.54. The molecule has 0 bridgehead atoms. The Morgan fingerprint density at radius 2 is 2.04 bits per heavy atom. The van der Waals surface area contributed by atoms with Gasteiger partial charge in [0.2, 0.25) is 5.89 Å². The van der Waals surface area contributed by atoms with Crippen LogP contribution < -0.4 is 0 Å². The molecular weight excluding hydrogens is 380 g/mol. The van der Waals surface area contributed by atoms with E-state index in [-0.39, 0.29) is 17.8 Å². The molecule has 1 aliphatic rings. The number of hydrogen-bond acceptors (Lipinski definition) is 6. The van der Waals surface area contributed by atoms with Gasteiger partial charge in [-0.05, 0) is 53.7 Å². The van der Waals surface area contributed by atoms with Crippen molar-refractivity contribution >= 4 is 33.7 Å². The molecule has 122 valence electrons. The quantitative estimate of drug-likeness (QED) is 0.548. The van der Waals surface area contributed by atoms with Gasteiger partial charge in [0, 0.05) is 4.47 Å². The lowest BCUT2D eigenvalue weighted by Gasteiger charge is -2.21. The van der Waals surface area contributed by atoms with Crippen LogP contribution in [-0.2, 0) is 9.53 Å². The number of thioether (sulfide) groups is 1. The predicted molar refractivity (Wildman–Crippen MR) is 91.1 cm³/mol. The maximum Gasteiger partial charge on any atom is 0.316 e. The Morgan fingerprint density at radius 3 is 2.83 bits per heavy atom. The van der Waals surface area contributed by atoms with E-state index in [1.807, 2.05) is 24.3 Å². The number of aromatic nitrogens is 2. The fraction of sp³-hybridized carbons (Fsp3) is 0.438.